The summed E-state index contributed by atoms with van der Waals surface area (Å²) in [4.78, 5) is 29.2. The molecule has 2 aliphatic rings. The van der Waals surface area contributed by atoms with Gasteiger partial charge in [-0.1, -0.05) is 6.07 Å². The molecule has 1 fully saturated rings. The highest BCUT2D eigenvalue weighted by Crippen LogP contribution is 2.25. The lowest BCUT2D eigenvalue weighted by Crippen LogP contribution is -2.41. The van der Waals surface area contributed by atoms with Gasteiger partial charge in [0.05, 0.1) is 37.0 Å². The second kappa shape index (κ2) is 14.9. The molecule has 0 spiro atoms. The lowest BCUT2D eigenvalue weighted by Gasteiger charge is -2.37. The van der Waals surface area contributed by atoms with Crippen molar-refractivity contribution in [1.82, 2.24) is 19.4 Å². The number of nitrogens with zero attached hydrogens (tertiary/aromatic N) is 4. The van der Waals surface area contributed by atoms with Crippen molar-refractivity contribution in [3.63, 3.8) is 0 Å². The van der Waals surface area contributed by atoms with Gasteiger partial charge in [0, 0.05) is 44.7 Å². The van der Waals surface area contributed by atoms with E-state index in [0.717, 1.165) is 50.2 Å². The van der Waals surface area contributed by atoms with Crippen LogP contribution in [-0.2, 0) is 32.2 Å². The van der Waals surface area contributed by atoms with Crippen LogP contribution in [-0.4, -0.2) is 86.8 Å². The molecule has 1 saturated heterocycles. The lowest BCUT2D eigenvalue weighted by atomic mass is 9.99. The number of fused-ring (bicyclic) bond motifs is 1. The van der Waals surface area contributed by atoms with Crippen LogP contribution in [0.1, 0.15) is 36.0 Å². The van der Waals surface area contributed by atoms with Gasteiger partial charge >= 0.3 is 24.3 Å². The summed E-state index contributed by atoms with van der Waals surface area (Å²) < 4.78 is 77.3. The highest BCUT2D eigenvalue weighted by molar-refractivity contribution is 5.73. The van der Waals surface area contributed by atoms with Crippen molar-refractivity contribution in [2.45, 2.75) is 51.3 Å². The molecule has 2 aromatic rings. The van der Waals surface area contributed by atoms with Gasteiger partial charge in [0.1, 0.15) is 0 Å². The molecule has 10 nitrogen and oxygen atoms in total. The molecule has 0 aromatic carbocycles. The minimum absolute atomic E-state index is 0.311. The fraction of sp³-hybridized carbons (Fsp3) is 0.583. The van der Waals surface area contributed by atoms with E-state index >= 15 is 0 Å². The molecule has 4 heterocycles. The zero-order valence-corrected chi connectivity index (χ0v) is 21.5. The van der Waals surface area contributed by atoms with Crippen LogP contribution in [0.15, 0.2) is 30.7 Å². The molecular weight excluding hydrogens is 554 g/mol. The number of aliphatic carboxylic acids is 2. The van der Waals surface area contributed by atoms with Gasteiger partial charge in [-0.05, 0) is 37.8 Å². The van der Waals surface area contributed by atoms with E-state index in [4.69, 9.17) is 29.3 Å². The predicted molar refractivity (Wildman–Crippen MR) is 126 cm³/mol. The lowest BCUT2D eigenvalue weighted by molar-refractivity contribution is -0.193. The summed E-state index contributed by atoms with van der Waals surface area (Å²) in [5, 5.41) is 14.2. The summed E-state index contributed by atoms with van der Waals surface area (Å²) in [5.41, 5.74) is 3.31. The van der Waals surface area contributed by atoms with Gasteiger partial charge in [-0.15, -0.1) is 0 Å². The molecule has 40 heavy (non-hydrogen) atoms. The maximum atomic E-state index is 10.6. The monoisotopic (exact) mass is 584 g/mol. The van der Waals surface area contributed by atoms with Gasteiger partial charge in [0.2, 0.25) is 0 Å². The number of rotatable bonds is 6. The second-order valence-corrected chi connectivity index (χ2v) is 9.09. The normalized spacial score (nSPS) is 18.0. The van der Waals surface area contributed by atoms with E-state index < -0.39 is 24.3 Å². The molecule has 0 amide bonds. The average Bonchev–Trinajstić information content (AvgIpc) is 3.33. The topological polar surface area (TPSA) is 127 Å². The van der Waals surface area contributed by atoms with Gasteiger partial charge in [-0.3, -0.25) is 9.88 Å². The Balaban J connectivity index is 0.000000333. The third kappa shape index (κ3) is 11.5. The third-order valence-electron chi connectivity index (χ3n) is 5.84. The minimum Gasteiger partial charge on any atom is -0.475 e. The average molecular weight is 585 g/mol. The van der Waals surface area contributed by atoms with Crippen molar-refractivity contribution in [3.05, 3.63) is 47.8 Å². The van der Waals surface area contributed by atoms with Gasteiger partial charge in [0.15, 0.2) is 0 Å². The largest absolute Gasteiger partial charge is 0.490 e. The predicted octanol–water partition coefficient (Wildman–Crippen LogP) is 3.85. The first kappa shape index (κ1) is 33.0. The van der Waals surface area contributed by atoms with Crippen LogP contribution in [0, 0.1) is 12.8 Å². The molecule has 0 aliphatic carbocycles. The Morgan fingerprint density at radius 2 is 1.68 bits per heavy atom. The number of aromatic nitrogens is 3. The molecule has 2 N–H and O–H groups in total. The molecule has 224 valence electrons. The number of carboxylic acids is 2. The molecule has 4 rings (SSSR count). The van der Waals surface area contributed by atoms with E-state index in [1.807, 2.05) is 37.6 Å². The van der Waals surface area contributed by atoms with Crippen molar-refractivity contribution in [2.75, 3.05) is 32.9 Å². The van der Waals surface area contributed by atoms with E-state index in [1.54, 1.807) is 0 Å². The van der Waals surface area contributed by atoms with E-state index in [-0.39, 0.29) is 0 Å². The zero-order chi connectivity index (χ0) is 29.9. The quantitative estimate of drug-likeness (QED) is 0.487. The highest BCUT2D eigenvalue weighted by atomic mass is 19.4. The van der Waals surface area contributed by atoms with Crippen LogP contribution in [0.5, 0.6) is 0 Å². The Morgan fingerprint density at radius 1 is 1.07 bits per heavy atom. The van der Waals surface area contributed by atoms with E-state index in [0.29, 0.717) is 19.3 Å². The van der Waals surface area contributed by atoms with Crippen LogP contribution in [0.2, 0.25) is 0 Å². The van der Waals surface area contributed by atoms with E-state index in [9.17, 15) is 26.3 Å². The number of hydrogen-bond acceptors (Lipinski definition) is 7. The van der Waals surface area contributed by atoms with Crippen molar-refractivity contribution in [2.24, 2.45) is 5.92 Å². The Hall–Kier alpha value is -3.24. The fourth-order valence-corrected chi connectivity index (χ4v) is 4.01. The summed E-state index contributed by atoms with van der Waals surface area (Å²) >= 11 is 0. The van der Waals surface area contributed by atoms with Gasteiger partial charge in [-0.25, -0.2) is 14.6 Å². The fourth-order valence-electron chi connectivity index (χ4n) is 4.01. The summed E-state index contributed by atoms with van der Waals surface area (Å²) in [6.45, 7) is 8.21. The highest BCUT2D eigenvalue weighted by Gasteiger charge is 2.39. The first-order chi connectivity index (χ1) is 18.7. The van der Waals surface area contributed by atoms with Gasteiger partial charge in [0.25, 0.3) is 0 Å². The number of halogens is 6. The standard InChI is InChI=1S/C20H28N4O2.2C2HF3O2/c1-16-3-2-4-18(22-16)13-26-14-20-12-23(10-17-5-7-25-8-6-17)11-19-9-21-15-24(19)20;2*3-2(4,5)1(6)7/h2-4,9,15,17,20H,5-8,10-14H2,1H3;2*(H,6,7). The van der Waals surface area contributed by atoms with Crippen LogP contribution in [0.4, 0.5) is 26.3 Å². The maximum Gasteiger partial charge on any atom is 0.490 e. The van der Waals surface area contributed by atoms with Crippen molar-refractivity contribution in [1.29, 1.82) is 0 Å². The first-order valence-corrected chi connectivity index (χ1v) is 12.1. The van der Waals surface area contributed by atoms with E-state index in [2.05, 4.69) is 19.4 Å². The number of ether oxygens (including phenoxy) is 2. The number of alkyl halides is 6. The molecule has 2 aliphatic heterocycles. The molecule has 1 atom stereocenters. The van der Waals surface area contributed by atoms with Gasteiger partial charge < -0.3 is 24.3 Å². The molecule has 0 saturated carbocycles. The number of carbonyl (C=O) groups is 2. The maximum absolute atomic E-state index is 10.6. The van der Waals surface area contributed by atoms with E-state index in [1.165, 1.54) is 18.5 Å². The van der Waals surface area contributed by atoms with Crippen LogP contribution >= 0.6 is 0 Å². The number of pyridine rings is 1. The number of aryl methyl sites for hydroxylation is 1. The first-order valence-electron chi connectivity index (χ1n) is 12.1. The minimum atomic E-state index is -5.08. The molecule has 0 radical (unpaired) electrons. The van der Waals surface area contributed by atoms with Gasteiger partial charge in [-0.2, -0.15) is 26.3 Å². The number of imidazole rings is 1. The number of hydrogen-bond donors (Lipinski definition) is 2. The molecule has 0 bridgehead atoms. The second-order valence-electron chi connectivity index (χ2n) is 9.09. The zero-order valence-electron chi connectivity index (χ0n) is 21.5. The summed E-state index contributed by atoms with van der Waals surface area (Å²) in [7, 11) is 0. The van der Waals surface area contributed by atoms with Crippen LogP contribution in [0.25, 0.3) is 0 Å². The summed E-state index contributed by atoms with van der Waals surface area (Å²) in [6, 6.07) is 6.38. The third-order valence-corrected chi connectivity index (χ3v) is 5.84. The Labute approximate surface area is 225 Å². The summed E-state index contributed by atoms with van der Waals surface area (Å²) in [5.74, 6) is -4.77. The Kier molecular flexibility index (Phi) is 12.3. The smallest absolute Gasteiger partial charge is 0.475 e. The molecular formula is C24H30F6N4O6. The SMILES string of the molecule is Cc1cccc(COCC2CN(CC3CCOCC3)Cc3cncn32)n1.O=C(O)C(F)(F)F.O=C(O)C(F)(F)F. The molecule has 2 aromatic heterocycles. The van der Waals surface area contributed by atoms with Crippen molar-refractivity contribution in [3.8, 4) is 0 Å². The Morgan fingerprint density at radius 3 is 2.23 bits per heavy atom. The van der Waals surface area contributed by atoms with Crippen LogP contribution in [0.3, 0.4) is 0 Å². The van der Waals surface area contributed by atoms with Crippen molar-refractivity contribution >= 4 is 11.9 Å². The Bertz CT molecular complexity index is 1060. The summed E-state index contributed by atoms with van der Waals surface area (Å²) in [6.07, 6.45) is -3.88. The van der Waals surface area contributed by atoms with Crippen molar-refractivity contribution < 1.29 is 55.6 Å². The molecule has 1 unspecified atom stereocenters. The van der Waals surface area contributed by atoms with Crippen LogP contribution < -0.4 is 0 Å². The molecule has 16 heteroatoms. The number of carboxylic acid groups (broad SMARTS) is 2.